The van der Waals surface area contributed by atoms with E-state index in [0.29, 0.717) is 18.0 Å². The Bertz CT molecular complexity index is 431. The van der Waals surface area contributed by atoms with Gasteiger partial charge in [-0.2, -0.15) is 0 Å². The van der Waals surface area contributed by atoms with Crippen LogP contribution in [-0.4, -0.2) is 23.3 Å². The van der Waals surface area contributed by atoms with Gasteiger partial charge in [-0.1, -0.05) is 47.0 Å². The largest absolute Gasteiger partial charge is 0.392 e. The molecule has 1 aromatic rings. The van der Waals surface area contributed by atoms with E-state index in [1.807, 2.05) is 0 Å². The maximum absolute atomic E-state index is 9.99. The van der Waals surface area contributed by atoms with Gasteiger partial charge in [-0.25, -0.2) is 0 Å². The zero-order valence-electron chi connectivity index (χ0n) is 11.2. The van der Waals surface area contributed by atoms with E-state index in [9.17, 15) is 5.11 Å². The first-order chi connectivity index (χ1) is 9.24. The number of halogens is 1. The summed E-state index contributed by atoms with van der Waals surface area (Å²) in [5, 5.41) is 13.7. The van der Waals surface area contributed by atoms with Crippen molar-refractivity contribution in [2.75, 3.05) is 0 Å². The Morgan fingerprint density at radius 3 is 2.58 bits per heavy atom. The maximum Gasteiger partial charge on any atom is 0.0693 e. The fourth-order valence-corrected chi connectivity index (χ4v) is 4.03. The van der Waals surface area contributed by atoms with Crippen molar-refractivity contribution in [2.24, 2.45) is 0 Å². The molecule has 1 aromatic carbocycles. The summed E-state index contributed by atoms with van der Waals surface area (Å²) >= 11 is 3.64. The minimum atomic E-state index is -0.128. The highest BCUT2D eigenvalue weighted by molar-refractivity contribution is 9.10. The summed E-state index contributed by atoms with van der Waals surface area (Å²) in [5.41, 5.74) is 1.43. The number of aliphatic hydroxyl groups excluding tert-OH is 1. The molecule has 3 rings (SSSR count). The van der Waals surface area contributed by atoms with Crippen LogP contribution in [0.15, 0.2) is 28.7 Å². The second-order valence-electron chi connectivity index (χ2n) is 6.01. The van der Waals surface area contributed by atoms with Crippen LogP contribution in [0.4, 0.5) is 0 Å². The van der Waals surface area contributed by atoms with Gasteiger partial charge in [-0.05, 0) is 43.2 Å². The minimum absolute atomic E-state index is 0.128. The molecule has 19 heavy (non-hydrogen) atoms. The van der Waals surface area contributed by atoms with E-state index in [4.69, 9.17) is 0 Å². The first kappa shape index (κ1) is 13.6. The smallest absolute Gasteiger partial charge is 0.0693 e. The Kier molecular flexibility index (Phi) is 4.25. The summed E-state index contributed by atoms with van der Waals surface area (Å²) in [5.74, 6) is 0.675. The Morgan fingerprint density at radius 2 is 1.84 bits per heavy atom. The van der Waals surface area contributed by atoms with Gasteiger partial charge in [-0.15, -0.1) is 0 Å². The highest BCUT2D eigenvalue weighted by Crippen LogP contribution is 2.40. The molecule has 2 atom stereocenters. The quantitative estimate of drug-likeness (QED) is 0.891. The molecular formula is C16H22BrNO. The van der Waals surface area contributed by atoms with Crippen LogP contribution in [0.3, 0.4) is 0 Å². The lowest BCUT2D eigenvalue weighted by Crippen LogP contribution is -2.51. The third-order valence-corrected chi connectivity index (χ3v) is 5.38. The van der Waals surface area contributed by atoms with Crippen molar-refractivity contribution in [1.29, 1.82) is 0 Å². The van der Waals surface area contributed by atoms with Crippen molar-refractivity contribution in [1.82, 2.24) is 5.32 Å². The van der Waals surface area contributed by atoms with Crippen LogP contribution in [-0.2, 0) is 0 Å². The summed E-state index contributed by atoms with van der Waals surface area (Å²) in [6.45, 7) is 0. The van der Waals surface area contributed by atoms with E-state index in [-0.39, 0.29) is 6.10 Å². The molecule has 0 heterocycles. The Labute approximate surface area is 123 Å². The normalized spacial score (nSPS) is 34.8. The number of nitrogens with one attached hydrogen (secondary N) is 1. The van der Waals surface area contributed by atoms with Gasteiger partial charge in [0, 0.05) is 16.6 Å². The first-order valence-electron chi connectivity index (χ1n) is 7.42. The molecule has 0 aromatic heterocycles. The highest BCUT2D eigenvalue weighted by atomic mass is 79.9. The molecule has 2 aliphatic carbocycles. The van der Waals surface area contributed by atoms with Crippen molar-refractivity contribution in [3.05, 3.63) is 34.3 Å². The third kappa shape index (κ3) is 3.04. The monoisotopic (exact) mass is 323 g/mol. The molecule has 0 amide bonds. The van der Waals surface area contributed by atoms with Gasteiger partial charge in [0.1, 0.15) is 0 Å². The van der Waals surface area contributed by atoms with Gasteiger partial charge < -0.3 is 10.4 Å². The molecule has 2 N–H and O–H groups in total. The van der Waals surface area contributed by atoms with Crippen molar-refractivity contribution in [3.8, 4) is 0 Å². The molecule has 0 aliphatic heterocycles. The number of hydrogen-bond acceptors (Lipinski definition) is 2. The van der Waals surface area contributed by atoms with Gasteiger partial charge in [-0.3, -0.25) is 0 Å². The van der Waals surface area contributed by atoms with E-state index in [0.717, 1.165) is 12.8 Å². The summed E-state index contributed by atoms with van der Waals surface area (Å²) < 4.78 is 1.23. The van der Waals surface area contributed by atoms with Crippen molar-refractivity contribution in [2.45, 2.75) is 62.6 Å². The Morgan fingerprint density at radius 1 is 1.11 bits per heavy atom. The molecule has 0 spiro atoms. The first-order valence-corrected chi connectivity index (χ1v) is 8.22. The standard InChI is InChI=1S/C16H22BrNO/c17-14-6-2-1-5-13(14)11-9-12(10-11)18-15-7-3-4-8-16(15)19/h1-2,5-6,11-12,15-16,18-19H,3-4,7-10H2. The molecule has 2 fully saturated rings. The average Bonchev–Trinajstić information content (AvgIpc) is 2.37. The zero-order chi connectivity index (χ0) is 13.2. The van der Waals surface area contributed by atoms with E-state index < -0.39 is 0 Å². The van der Waals surface area contributed by atoms with Crippen LogP contribution in [0.1, 0.15) is 50.0 Å². The van der Waals surface area contributed by atoms with E-state index in [2.05, 4.69) is 45.5 Å². The number of aliphatic hydroxyl groups is 1. The number of hydrogen-bond donors (Lipinski definition) is 2. The molecule has 0 saturated heterocycles. The summed E-state index contributed by atoms with van der Waals surface area (Å²) in [4.78, 5) is 0. The lowest BCUT2D eigenvalue weighted by Gasteiger charge is -2.41. The van der Waals surface area contributed by atoms with Gasteiger partial charge in [0.25, 0.3) is 0 Å². The SMILES string of the molecule is OC1CCCCC1NC1CC(c2ccccc2Br)C1. The van der Waals surface area contributed by atoms with Crippen LogP contribution >= 0.6 is 15.9 Å². The van der Waals surface area contributed by atoms with Gasteiger partial charge >= 0.3 is 0 Å². The summed E-state index contributed by atoms with van der Waals surface area (Å²) in [7, 11) is 0. The highest BCUT2D eigenvalue weighted by Gasteiger charge is 2.34. The molecule has 104 valence electrons. The fourth-order valence-electron chi connectivity index (χ4n) is 3.42. The predicted molar refractivity (Wildman–Crippen MR) is 81.3 cm³/mol. The molecule has 2 aliphatic rings. The van der Waals surface area contributed by atoms with Crippen LogP contribution in [0.5, 0.6) is 0 Å². The van der Waals surface area contributed by atoms with Crippen molar-refractivity contribution in [3.63, 3.8) is 0 Å². The van der Waals surface area contributed by atoms with E-state index >= 15 is 0 Å². The number of benzene rings is 1. The van der Waals surface area contributed by atoms with Crippen molar-refractivity contribution >= 4 is 15.9 Å². The topological polar surface area (TPSA) is 32.3 Å². The average molecular weight is 324 g/mol. The summed E-state index contributed by atoms with van der Waals surface area (Å²) in [6, 6.07) is 9.46. The molecule has 2 nitrogen and oxygen atoms in total. The molecule has 2 saturated carbocycles. The lowest BCUT2D eigenvalue weighted by atomic mass is 9.75. The van der Waals surface area contributed by atoms with Crippen LogP contribution in [0, 0.1) is 0 Å². The Balaban J connectivity index is 1.51. The molecule has 3 heteroatoms. The van der Waals surface area contributed by atoms with E-state index in [1.165, 1.54) is 35.7 Å². The predicted octanol–water partition coefficient (Wildman–Crippen LogP) is 3.59. The Hall–Kier alpha value is -0.380. The second-order valence-corrected chi connectivity index (χ2v) is 6.87. The van der Waals surface area contributed by atoms with Crippen LogP contribution in [0.2, 0.25) is 0 Å². The fraction of sp³-hybridized carbons (Fsp3) is 0.625. The lowest BCUT2D eigenvalue weighted by molar-refractivity contribution is 0.0750. The summed E-state index contributed by atoms with van der Waals surface area (Å²) in [6.07, 6.45) is 6.82. The van der Waals surface area contributed by atoms with E-state index in [1.54, 1.807) is 0 Å². The molecule has 0 radical (unpaired) electrons. The molecule has 2 unspecified atom stereocenters. The van der Waals surface area contributed by atoms with Gasteiger partial charge in [0.05, 0.1) is 6.10 Å². The van der Waals surface area contributed by atoms with Gasteiger partial charge in [0.15, 0.2) is 0 Å². The molecular weight excluding hydrogens is 302 g/mol. The number of rotatable bonds is 3. The third-order valence-electron chi connectivity index (χ3n) is 4.66. The van der Waals surface area contributed by atoms with Crippen LogP contribution in [0.25, 0.3) is 0 Å². The maximum atomic E-state index is 9.99. The van der Waals surface area contributed by atoms with Gasteiger partial charge in [0.2, 0.25) is 0 Å². The van der Waals surface area contributed by atoms with Crippen molar-refractivity contribution < 1.29 is 5.11 Å². The minimum Gasteiger partial charge on any atom is -0.392 e. The molecule has 0 bridgehead atoms. The zero-order valence-corrected chi connectivity index (χ0v) is 12.8. The second kappa shape index (κ2) is 5.94. The van der Waals surface area contributed by atoms with Crippen LogP contribution < -0.4 is 5.32 Å².